The number of aryl methyl sites for hydroxylation is 1. The fourth-order valence-electron chi connectivity index (χ4n) is 2.82. The van der Waals surface area contributed by atoms with Gasteiger partial charge in [0.15, 0.2) is 5.11 Å². The highest BCUT2D eigenvalue weighted by Gasteiger charge is 2.23. The topological polar surface area (TPSA) is 48.5 Å². The summed E-state index contributed by atoms with van der Waals surface area (Å²) in [7, 11) is 0. The molecule has 8 heteroatoms. The van der Waals surface area contributed by atoms with Crippen molar-refractivity contribution in [3.8, 4) is 0 Å². The fourth-order valence-corrected chi connectivity index (χ4v) is 4.05. The quantitative estimate of drug-likeness (QED) is 0.787. The highest BCUT2D eigenvalue weighted by molar-refractivity contribution is 7.80. The molecule has 3 rings (SSSR count). The molecule has 1 saturated heterocycles. The Morgan fingerprint density at radius 1 is 1.27 bits per heavy atom. The molecule has 0 saturated carbocycles. The summed E-state index contributed by atoms with van der Waals surface area (Å²) in [6.07, 6.45) is 0.378. The molecule has 2 aromatic rings. The van der Waals surface area contributed by atoms with Crippen molar-refractivity contribution in [3.63, 3.8) is 0 Å². The van der Waals surface area contributed by atoms with Gasteiger partial charge in [0.25, 0.3) is 0 Å². The minimum atomic E-state index is 0.128. The Morgan fingerprint density at radius 3 is 2.62 bits per heavy atom. The van der Waals surface area contributed by atoms with E-state index in [2.05, 4.69) is 15.2 Å². The number of amides is 1. The molecule has 1 aromatic heterocycles. The zero-order valence-electron chi connectivity index (χ0n) is 14.8. The molecule has 2 heterocycles. The molecule has 1 aromatic carbocycles. The highest BCUT2D eigenvalue weighted by Crippen LogP contribution is 2.23. The zero-order chi connectivity index (χ0) is 18.7. The first-order valence-electron chi connectivity index (χ1n) is 8.44. The van der Waals surface area contributed by atoms with Crippen LogP contribution in [0.2, 0.25) is 5.02 Å². The van der Waals surface area contributed by atoms with Crippen LogP contribution < -0.4 is 5.32 Å². The largest absolute Gasteiger partial charge is 0.345 e. The number of halogens is 1. The Labute approximate surface area is 168 Å². The van der Waals surface area contributed by atoms with E-state index in [0.29, 0.717) is 42.7 Å². The maximum Gasteiger partial charge on any atom is 0.229 e. The number of nitrogens with zero attached hydrogens (tertiary/aromatic N) is 3. The van der Waals surface area contributed by atoms with Gasteiger partial charge in [-0.3, -0.25) is 4.79 Å². The number of hydrogen-bond donors (Lipinski definition) is 1. The van der Waals surface area contributed by atoms with Gasteiger partial charge in [0.2, 0.25) is 5.91 Å². The minimum absolute atomic E-state index is 0.128. The summed E-state index contributed by atoms with van der Waals surface area (Å²) in [5, 5.41) is 7.50. The summed E-state index contributed by atoms with van der Waals surface area (Å²) >= 11 is 13.2. The third kappa shape index (κ3) is 4.52. The Hall–Kier alpha value is -1.70. The van der Waals surface area contributed by atoms with Crippen molar-refractivity contribution in [1.29, 1.82) is 0 Å². The van der Waals surface area contributed by atoms with Gasteiger partial charge < -0.3 is 15.1 Å². The molecule has 1 fully saturated rings. The third-order valence-electron chi connectivity index (χ3n) is 4.40. The van der Waals surface area contributed by atoms with Gasteiger partial charge in [-0.05, 0) is 43.8 Å². The Bertz CT molecular complexity index is 815. The normalized spacial score (nSPS) is 14.4. The van der Waals surface area contributed by atoms with Crippen molar-refractivity contribution in [1.82, 2.24) is 14.8 Å². The molecule has 0 radical (unpaired) electrons. The van der Waals surface area contributed by atoms with Gasteiger partial charge in [0.1, 0.15) is 5.01 Å². The van der Waals surface area contributed by atoms with Crippen LogP contribution in [0.25, 0.3) is 0 Å². The summed E-state index contributed by atoms with van der Waals surface area (Å²) in [6.45, 7) is 6.67. The van der Waals surface area contributed by atoms with Crippen molar-refractivity contribution in [2.45, 2.75) is 20.3 Å². The van der Waals surface area contributed by atoms with E-state index in [0.717, 1.165) is 22.0 Å². The number of nitrogens with one attached hydrogen (secondary N) is 1. The number of piperazine rings is 1. The van der Waals surface area contributed by atoms with E-state index >= 15 is 0 Å². The van der Waals surface area contributed by atoms with Crippen LogP contribution in [0.3, 0.4) is 0 Å². The predicted octanol–water partition coefficient (Wildman–Crippen LogP) is 3.50. The van der Waals surface area contributed by atoms with E-state index in [1.54, 1.807) is 11.3 Å². The van der Waals surface area contributed by atoms with Crippen LogP contribution in [0.4, 0.5) is 5.69 Å². The Morgan fingerprint density at radius 2 is 1.96 bits per heavy atom. The molecule has 0 aliphatic carbocycles. The van der Waals surface area contributed by atoms with Gasteiger partial charge in [-0.1, -0.05) is 17.7 Å². The fraction of sp³-hybridized carbons (Fsp3) is 0.389. The van der Waals surface area contributed by atoms with Gasteiger partial charge in [-0.15, -0.1) is 11.3 Å². The van der Waals surface area contributed by atoms with Gasteiger partial charge in [0.05, 0.1) is 6.42 Å². The SMILES string of the molecule is Cc1csc(CC(=O)N2CCN(C(=S)Nc3cccc(Cl)c3C)CC2)n1. The molecule has 138 valence electrons. The van der Waals surface area contributed by atoms with Crippen molar-refractivity contribution in [3.05, 3.63) is 44.9 Å². The van der Waals surface area contributed by atoms with E-state index in [1.807, 2.05) is 42.3 Å². The Balaban J connectivity index is 1.52. The molecule has 5 nitrogen and oxygen atoms in total. The van der Waals surface area contributed by atoms with Crippen LogP contribution in [0, 0.1) is 13.8 Å². The van der Waals surface area contributed by atoms with Crippen LogP contribution in [0.1, 0.15) is 16.3 Å². The van der Waals surface area contributed by atoms with Crippen LogP contribution >= 0.6 is 35.2 Å². The summed E-state index contributed by atoms with van der Waals surface area (Å²) in [5.41, 5.74) is 2.86. The zero-order valence-corrected chi connectivity index (χ0v) is 17.2. The van der Waals surface area contributed by atoms with Gasteiger partial charge in [-0.2, -0.15) is 0 Å². The molecular weight excluding hydrogens is 388 g/mol. The van der Waals surface area contributed by atoms with Crippen LogP contribution in [-0.4, -0.2) is 52.0 Å². The second-order valence-electron chi connectivity index (χ2n) is 6.27. The average Bonchev–Trinajstić information content (AvgIpc) is 3.04. The number of rotatable bonds is 3. The smallest absolute Gasteiger partial charge is 0.229 e. The standard InChI is InChI=1S/C18H21ClN4OS2/c1-12-11-26-16(20-12)10-17(24)22-6-8-23(9-7-22)18(25)21-15-5-3-4-14(19)13(15)2/h3-5,11H,6-10H2,1-2H3,(H,21,25). The van der Waals surface area contributed by atoms with Gasteiger partial charge in [0, 0.05) is 48.0 Å². The second kappa shape index (κ2) is 8.33. The number of aromatic nitrogens is 1. The number of thiazole rings is 1. The van der Waals surface area contributed by atoms with E-state index in [9.17, 15) is 4.79 Å². The van der Waals surface area contributed by atoms with Gasteiger partial charge >= 0.3 is 0 Å². The number of anilines is 1. The summed E-state index contributed by atoms with van der Waals surface area (Å²) in [6, 6.07) is 5.72. The first-order chi connectivity index (χ1) is 12.4. The Kier molecular flexibility index (Phi) is 6.11. The molecule has 26 heavy (non-hydrogen) atoms. The highest BCUT2D eigenvalue weighted by atomic mass is 35.5. The first-order valence-corrected chi connectivity index (χ1v) is 10.1. The minimum Gasteiger partial charge on any atom is -0.345 e. The monoisotopic (exact) mass is 408 g/mol. The van der Waals surface area contributed by atoms with Crippen LogP contribution in [0.5, 0.6) is 0 Å². The number of thiocarbonyl (C=S) groups is 1. The number of carbonyl (C=O) groups is 1. The molecule has 0 bridgehead atoms. The number of hydrogen-bond acceptors (Lipinski definition) is 4. The molecule has 0 unspecified atom stereocenters. The van der Waals surface area contributed by atoms with Gasteiger partial charge in [-0.25, -0.2) is 4.98 Å². The van der Waals surface area contributed by atoms with E-state index in [-0.39, 0.29) is 5.91 Å². The third-order valence-corrected chi connectivity index (χ3v) is 6.13. The summed E-state index contributed by atoms with van der Waals surface area (Å²) in [5.74, 6) is 0.128. The lowest BCUT2D eigenvalue weighted by molar-refractivity contribution is -0.131. The van der Waals surface area contributed by atoms with Crippen molar-refractivity contribution in [2.24, 2.45) is 0 Å². The molecule has 0 spiro atoms. The molecule has 1 aliphatic heterocycles. The van der Waals surface area contributed by atoms with E-state index in [4.69, 9.17) is 23.8 Å². The van der Waals surface area contributed by atoms with Crippen molar-refractivity contribution < 1.29 is 4.79 Å². The molecule has 1 aliphatic rings. The maximum absolute atomic E-state index is 12.4. The molecule has 1 N–H and O–H groups in total. The molecule has 1 amide bonds. The lowest BCUT2D eigenvalue weighted by Gasteiger charge is -2.36. The lowest BCUT2D eigenvalue weighted by Crippen LogP contribution is -2.52. The molecular formula is C18H21ClN4OS2. The van der Waals surface area contributed by atoms with Crippen LogP contribution in [-0.2, 0) is 11.2 Å². The maximum atomic E-state index is 12.4. The number of benzene rings is 1. The van der Waals surface area contributed by atoms with Crippen LogP contribution in [0.15, 0.2) is 23.6 Å². The molecule has 0 atom stereocenters. The van der Waals surface area contributed by atoms with E-state index < -0.39 is 0 Å². The van der Waals surface area contributed by atoms with Crippen molar-refractivity contribution in [2.75, 3.05) is 31.5 Å². The lowest BCUT2D eigenvalue weighted by atomic mass is 10.2. The summed E-state index contributed by atoms with van der Waals surface area (Å²) in [4.78, 5) is 20.8. The predicted molar refractivity (Wildman–Crippen MR) is 111 cm³/mol. The van der Waals surface area contributed by atoms with E-state index in [1.165, 1.54) is 0 Å². The summed E-state index contributed by atoms with van der Waals surface area (Å²) < 4.78 is 0. The number of carbonyl (C=O) groups excluding carboxylic acids is 1. The first kappa shape index (κ1) is 19.1. The van der Waals surface area contributed by atoms with Crippen molar-refractivity contribution >= 4 is 51.9 Å². The average molecular weight is 409 g/mol. The second-order valence-corrected chi connectivity index (χ2v) is 8.01.